The third kappa shape index (κ3) is 4.98. The number of hydrogen-bond acceptors (Lipinski definition) is 3. The fraction of sp³-hybridized carbons (Fsp3) is 0.579. The van der Waals surface area contributed by atoms with Crippen molar-refractivity contribution in [2.24, 2.45) is 0 Å². The Morgan fingerprint density at radius 3 is 2.71 bits per heavy atom. The number of likely N-dealkylation sites (tertiary alicyclic amines) is 1. The molecule has 0 bridgehead atoms. The van der Waals surface area contributed by atoms with Gasteiger partial charge in [-0.15, -0.1) is 0 Å². The van der Waals surface area contributed by atoms with E-state index in [-0.39, 0.29) is 5.91 Å². The molecule has 0 radical (unpaired) electrons. The molecule has 5 nitrogen and oxygen atoms in total. The molecule has 24 heavy (non-hydrogen) atoms. The summed E-state index contributed by atoms with van der Waals surface area (Å²) in [7, 11) is 0. The third-order valence-corrected chi connectivity index (χ3v) is 4.11. The minimum Gasteiger partial charge on any atom is -0.444 e. The van der Waals surface area contributed by atoms with Crippen LogP contribution in [0.15, 0.2) is 24.3 Å². The average Bonchev–Trinajstić information content (AvgIpc) is 2.52. The van der Waals surface area contributed by atoms with E-state index in [0.29, 0.717) is 17.3 Å². The monoisotopic (exact) mass is 332 g/mol. The number of nitrogens with one attached hydrogen (secondary N) is 1. The molecular weight excluding hydrogens is 304 g/mol. The van der Waals surface area contributed by atoms with Crippen LogP contribution in [-0.2, 0) is 4.74 Å². The Morgan fingerprint density at radius 1 is 1.29 bits per heavy atom. The van der Waals surface area contributed by atoms with Gasteiger partial charge >= 0.3 is 6.09 Å². The number of carbonyl (C=O) groups excluding carboxylic acids is 2. The maximum Gasteiger partial charge on any atom is 0.412 e. The molecule has 1 heterocycles. The van der Waals surface area contributed by atoms with Crippen molar-refractivity contribution < 1.29 is 14.3 Å². The second-order valence-corrected chi connectivity index (χ2v) is 7.26. The maximum atomic E-state index is 12.8. The summed E-state index contributed by atoms with van der Waals surface area (Å²) in [6.45, 7) is 8.37. The van der Waals surface area contributed by atoms with Crippen molar-refractivity contribution in [1.29, 1.82) is 0 Å². The first-order valence-corrected chi connectivity index (χ1v) is 8.71. The molecule has 1 aromatic carbocycles. The van der Waals surface area contributed by atoms with E-state index < -0.39 is 11.7 Å². The molecule has 2 amide bonds. The summed E-state index contributed by atoms with van der Waals surface area (Å²) >= 11 is 0. The van der Waals surface area contributed by atoms with Gasteiger partial charge < -0.3 is 9.64 Å². The number of amides is 2. The Morgan fingerprint density at radius 2 is 2.04 bits per heavy atom. The lowest BCUT2D eigenvalue weighted by atomic mass is 9.99. The number of carbonyl (C=O) groups is 2. The number of anilines is 1. The van der Waals surface area contributed by atoms with Crippen LogP contribution >= 0.6 is 0 Å². The normalized spacial score (nSPS) is 18.2. The van der Waals surface area contributed by atoms with Crippen molar-refractivity contribution in [3.63, 3.8) is 0 Å². The van der Waals surface area contributed by atoms with Crippen LogP contribution in [0.2, 0.25) is 0 Å². The zero-order valence-corrected chi connectivity index (χ0v) is 15.1. The Kier molecular flexibility index (Phi) is 5.86. The summed E-state index contributed by atoms with van der Waals surface area (Å²) in [6, 6.07) is 7.37. The number of rotatable bonds is 3. The molecule has 1 fully saturated rings. The van der Waals surface area contributed by atoms with Gasteiger partial charge in [-0.1, -0.05) is 13.0 Å². The van der Waals surface area contributed by atoms with Gasteiger partial charge in [0.1, 0.15) is 5.60 Å². The van der Waals surface area contributed by atoms with Crippen LogP contribution in [0.5, 0.6) is 0 Å². The SMILES string of the molecule is CCC1CCCCN1C(=O)c1cccc(NC(=O)OC(C)(C)C)c1. The van der Waals surface area contributed by atoms with Crippen molar-refractivity contribution >= 4 is 17.7 Å². The number of benzene rings is 1. The van der Waals surface area contributed by atoms with E-state index in [1.807, 2.05) is 25.7 Å². The highest BCUT2D eigenvalue weighted by Gasteiger charge is 2.26. The van der Waals surface area contributed by atoms with E-state index in [4.69, 9.17) is 4.74 Å². The van der Waals surface area contributed by atoms with Gasteiger partial charge in [0, 0.05) is 23.8 Å². The second-order valence-electron chi connectivity index (χ2n) is 7.26. The molecule has 1 aliphatic rings. The average molecular weight is 332 g/mol. The topological polar surface area (TPSA) is 58.6 Å². The maximum absolute atomic E-state index is 12.8. The first kappa shape index (κ1) is 18.3. The minimum absolute atomic E-state index is 0.0365. The standard InChI is InChI=1S/C19H28N2O3/c1-5-16-11-6-7-12-21(16)17(22)14-9-8-10-15(13-14)20-18(23)24-19(2,3)4/h8-10,13,16H,5-7,11-12H2,1-4H3,(H,20,23). The van der Waals surface area contributed by atoms with Gasteiger partial charge in [-0.05, 0) is 64.7 Å². The molecule has 0 aromatic heterocycles. The summed E-state index contributed by atoms with van der Waals surface area (Å²) in [5, 5.41) is 2.69. The van der Waals surface area contributed by atoms with E-state index in [1.54, 1.807) is 24.3 Å². The molecule has 2 rings (SSSR count). The van der Waals surface area contributed by atoms with E-state index >= 15 is 0 Å². The molecule has 0 saturated carbocycles. The van der Waals surface area contributed by atoms with E-state index in [0.717, 1.165) is 25.8 Å². The number of ether oxygens (including phenoxy) is 1. The van der Waals surface area contributed by atoms with Gasteiger partial charge in [0.15, 0.2) is 0 Å². The smallest absolute Gasteiger partial charge is 0.412 e. The fourth-order valence-electron chi connectivity index (χ4n) is 3.01. The Balaban J connectivity index is 2.09. The zero-order chi connectivity index (χ0) is 17.7. The summed E-state index contributed by atoms with van der Waals surface area (Å²) in [5.74, 6) is 0.0365. The molecule has 1 aromatic rings. The predicted octanol–water partition coefficient (Wildman–Crippen LogP) is 4.44. The molecule has 132 valence electrons. The van der Waals surface area contributed by atoms with Crippen LogP contribution < -0.4 is 5.32 Å². The second kappa shape index (κ2) is 7.69. The largest absolute Gasteiger partial charge is 0.444 e. The highest BCUT2D eigenvalue weighted by Crippen LogP contribution is 2.23. The lowest BCUT2D eigenvalue weighted by molar-refractivity contribution is 0.0603. The van der Waals surface area contributed by atoms with Crippen molar-refractivity contribution in [2.75, 3.05) is 11.9 Å². The highest BCUT2D eigenvalue weighted by molar-refractivity contribution is 5.96. The number of hydrogen-bond donors (Lipinski definition) is 1. The van der Waals surface area contributed by atoms with E-state index in [1.165, 1.54) is 6.42 Å². The van der Waals surface area contributed by atoms with Crippen LogP contribution in [0.25, 0.3) is 0 Å². The fourth-order valence-corrected chi connectivity index (χ4v) is 3.01. The molecule has 1 saturated heterocycles. The molecule has 5 heteroatoms. The molecule has 0 spiro atoms. The van der Waals surface area contributed by atoms with Gasteiger partial charge in [-0.2, -0.15) is 0 Å². The Hall–Kier alpha value is -2.04. The Bertz CT molecular complexity index is 593. The molecule has 1 unspecified atom stereocenters. The third-order valence-electron chi connectivity index (χ3n) is 4.11. The quantitative estimate of drug-likeness (QED) is 0.890. The van der Waals surface area contributed by atoms with Gasteiger partial charge in [0.2, 0.25) is 0 Å². The van der Waals surface area contributed by atoms with Crippen molar-refractivity contribution in [3.8, 4) is 0 Å². The van der Waals surface area contributed by atoms with E-state index in [2.05, 4.69) is 12.2 Å². The van der Waals surface area contributed by atoms with Crippen LogP contribution in [0, 0.1) is 0 Å². The predicted molar refractivity (Wildman–Crippen MR) is 95.3 cm³/mol. The summed E-state index contributed by atoms with van der Waals surface area (Å²) < 4.78 is 5.25. The summed E-state index contributed by atoms with van der Waals surface area (Å²) in [6.07, 6.45) is 3.76. The number of nitrogens with zero attached hydrogens (tertiary/aromatic N) is 1. The summed E-state index contributed by atoms with van der Waals surface area (Å²) in [5.41, 5.74) is 0.615. The van der Waals surface area contributed by atoms with E-state index in [9.17, 15) is 9.59 Å². The van der Waals surface area contributed by atoms with Gasteiger partial charge in [-0.3, -0.25) is 10.1 Å². The molecule has 1 atom stereocenters. The zero-order valence-electron chi connectivity index (χ0n) is 15.1. The van der Waals surface area contributed by atoms with Gasteiger partial charge in [0.25, 0.3) is 5.91 Å². The first-order chi connectivity index (χ1) is 11.3. The van der Waals surface area contributed by atoms with Gasteiger partial charge in [0.05, 0.1) is 0 Å². The van der Waals surface area contributed by atoms with Crippen LogP contribution in [0.4, 0.5) is 10.5 Å². The molecule has 1 N–H and O–H groups in total. The number of piperidine rings is 1. The van der Waals surface area contributed by atoms with Crippen LogP contribution in [0.1, 0.15) is 63.7 Å². The molecular formula is C19H28N2O3. The highest BCUT2D eigenvalue weighted by atomic mass is 16.6. The van der Waals surface area contributed by atoms with Crippen molar-refractivity contribution in [1.82, 2.24) is 4.90 Å². The van der Waals surface area contributed by atoms with Crippen molar-refractivity contribution in [3.05, 3.63) is 29.8 Å². The lowest BCUT2D eigenvalue weighted by Gasteiger charge is -2.35. The van der Waals surface area contributed by atoms with Crippen LogP contribution in [-0.4, -0.2) is 35.1 Å². The lowest BCUT2D eigenvalue weighted by Crippen LogP contribution is -2.43. The summed E-state index contributed by atoms with van der Waals surface area (Å²) in [4.78, 5) is 26.7. The van der Waals surface area contributed by atoms with Crippen LogP contribution in [0.3, 0.4) is 0 Å². The van der Waals surface area contributed by atoms with Crippen molar-refractivity contribution in [2.45, 2.75) is 65.0 Å². The van der Waals surface area contributed by atoms with Gasteiger partial charge in [-0.25, -0.2) is 4.79 Å². The molecule has 1 aliphatic heterocycles. The minimum atomic E-state index is -0.556. The Labute approximate surface area is 144 Å². The first-order valence-electron chi connectivity index (χ1n) is 8.71. The molecule has 0 aliphatic carbocycles.